The first kappa shape index (κ1) is 18.6. The molecule has 0 spiro atoms. The molecule has 4 rings (SSSR count). The van der Waals surface area contributed by atoms with E-state index < -0.39 is 0 Å². The summed E-state index contributed by atoms with van der Waals surface area (Å²) in [6.07, 6.45) is 4.07. The zero-order valence-electron chi connectivity index (χ0n) is 15.4. The maximum absolute atomic E-state index is 13.0. The molecule has 1 aliphatic carbocycles. The molecule has 0 aliphatic heterocycles. The smallest absolute Gasteiger partial charge is 0.258 e. The van der Waals surface area contributed by atoms with Gasteiger partial charge in [-0.15, -0.1) is 0 Å². The fourth-order valence-electron chi connectivity index (χ4n) is 3.28. The Balaban J connectivity index is 1.53. The van der Waals surface area contributed by atoms with Crippen LogP contribution in [0.25, 0.3) is 0 Å². The molecule has 1 aromatic carbocycles. The molecule has 2 aromatic heterocycles. The third kappa shape index (κ3) is 4.20. The van der Waals surface area contributed by atoms with Crippen molar-refractivity contribution in [3.8, 4) is 0 Å². The van der Waals surface area contributed by atoms with Gasteiger partial charge in [0.25, 0.3) is 5.56 Å². The average Bonchev–Trinajstić information content (AvgIpc) is 3.40. The molecular formula is C21H21N3O3S. The number of hydrogen-bond donors (Lipinski definition) is 1. The van der Waals surface area contributed by atoms with Crippen LogP contribution < -0.4 is 10.9 Å². The van der Waals surface area contributed by atoms with Gasteiger partial charge in [0.05, 0.1) is 18.5 Å². The Hall–Kier alpha value is -2.80. The summed E-state index contributed by atoms with van der Waals surface area (Å²) in [4.78, 5) is 30.1. The van der Waals surface area contributed by atoms with Crippen molar-refractivity contribution in [2.75, 3.05) is 0 Å². The molecule has 1 aliphatic rings. The minimum atomic E-state index is -0.236. The molecule has 3 aromatic rings. The van der Waals surface area contributed by atoms with Crippen molar-refractivity contribution in [1.29, 1.82) is 0 Å². The maximum atomic E-state index is 13.0. The number of nitrogens with zero attached hydrogens (tertiary/aromatic N) is 2. The lowest BCUT2D eigenvalue weighted by Crippen LogP contribution is -2.34. The number of benzene rings is 1. The highest BCUT2D eigenvalue weighted by molar-refractivity contribution is 7.98. The molecule has 1 amide bonds. The second-order valence-electron chi connectivity index (χ2n) is 6.69. The Bertz CT molecular complexity index is 1010. The molecule has 0 bridgehead atoms. The van der Waals surface area contributed by atoms with Gasteiger partial charge >= 0.3 is 0 Å². The maximum Gasteiger partial charge on any atom is 0.258 e. The Morgan fingerprint density at radius 2 is 2.04 bits per heavy atom. The lowest BCUT2D eigenvalue weighted by Gasteiger charge is -2.14. The number of amides is 1. The summed E-state index contributed by atoms with van der Waals surface area (Å²) in [7, 11) is 0. The standard InChI is InChI=1S/C21H21N3O3S/c25-19(22-12-16-8-5-11-27-16)13-24-20(26)17-9-4-10-18(17)23-21(24)28-14-15-6-2-1-3-7-15/h1-3,5-8,11H,4,9-10,12-14H2,(H,22,25). The quantitative estimate of drug-likeness (QED) is 0.492. The first-order chi connectivity index (χ1) is 13.7. The minimum Gasteiger partial charge on any atom is -0.467 e. The summed E-state index contributed by atoms with van der Waals surface area (Å²) >= 11 is 1.49. The molecular weight excluding hydrogens is 374 g/mol. The Kier molecular flexibility index (Phi) is 5.62. The largest absolute Gasteiger partial charge is 0.467 e. The van der Waals surface area contributed by atoms with E-state index in [4.69, 9.17) is 9.40 Å². The second kappa shape index (κ2) is 8.48. The van der Waals surface area contributed by atoms with E-state index in [-0.39, 0.29) is 18.0 Å². The molecule has 144 valence electrons. The van der Waals surface area contributed by atoms with Gasteiger partial charge in [-0.3, -0.25) is 14.2 Å². The van der Waals surface area contributed by atoms with E-state index in [2.05, 4.69) is 5.32 Å². The van der Waals surface area contributed by atoms with Gasteiger partial charge in [0.15, 0.2) is 5.16 Å². The fourth-order valence-corrected chi connectivity index (χ4v) is 4.24. The van der Waals surface area contributed by atoms with Crippen molar-refractivity contribution in [2.45, 2.75) is 43.3 Å². The normalized spacial score (nSPS) is 12.7. The summed E-state index contributed by atoms with van der Waals surface area (Å²) in [5.74, 6) is 1.13. The zero-order valence-corrected chi connectivity index (χ0v) is 16.2. The lowest BCUT2D eigenvalue weighted by atomic mass is 10.2. The van der Waals surface area contributed by atoms with E-state index in [1.807, 2.05) is 30.3 Å². The molecule has 7 heteroatoms. The molecule has 2 heterocycles. The predicted molar refractivity (Wildman–Crippen MR) is 107 cm³/mol. The van der Waals surface area contributed by atoms with Gasteiger partial charge in [0.2, 0.25) is 5.91 Å². The highest BCUT2D eigenvalue weighted by atomic mass is 32.2. The number of thioether (sulfide) groups is 1. The molecule has 1 N–H and O–H groups in total. The number of aromatic nitrogens is 2. The van der Waals surface area contributed by atoms with E-state index in [9.17, 15) is 9.59 Å². The van der Waals surface area contributed by atoms with Crippen molar-refractivity contribution >= 4 is 17.7 Å². The molecule has 0 atom stereocenters. The summed E-state index contributed by atoms with van der Waals surface area (Å²) in [5, 5.41) is 3.40. The van der Waals surface area contributed by atoms with Crippen LogP contribution in [-0.2, 0) is 36.5 Å². The SMILES string of the molecule is O=C(Cn1c(SCc2ccccc2)nc2c(c1=O)CCC2)NCc1ccco1. The van der Waals surface area contributed by atoms with Gasteiger partial charge in [-0.05, 0) is 37.0 Å². The molecule has 28 heavy (non-hydrogen) atoms. The van der Waals surface area contributed by atoms with Crippen LogP contribution in [0.5, 0.6) is 0 Å². The van der Waals surface area contributed by atoms with E-state index in [0.29, 0.717) is 23.2 Å². The predicted octanol–water partition coefficient (Wildman–Crippen LogP) is 2.93. The van der Waals surface area contributed by atoms with Crippen LogP contribution in [-0.4, -0.2) is 15.5 Å². The summed E-state index contributed by atoms with van der Waals surface area (Å²) in [6.45, 7) is 0.252. The lowest BCUT2D eigenvalue weighted by molar-refractivity contribution is -0.122. The molecule has 0 radical (unpaired) electrons. The Labute approximate surface area is 167 Å². The summed E-state index contributed by atoms with van der Waals surface area (Å²) in [5.41, 5.74) is 2.69. The van der Waals surface area contributed by atoms with Crippen LogP contribution in [0.3, 0.4) is 0 Å². The number of carbonyl (C=O) groups excluding carboxylic acids is 1. The van der Waals surface area contributed by atoms with Crippen molar-refractivity contribution < 1.29 is 9.21 Å². The Morgan fingerprint density at radius 3 is 2.82 bits per heavy atom. The van der Waals surface area contributed by atoms with Crippen LogP contribution in [0.1, 0.15) is 29.0 Å². The van der Waals surface area contributed by atoms with Crippen LogP contribution in [0.2, 0.25) is 0 Å². The van der Waals surface area contributed by atoms with Gasteiger partial charge in [0, 0.05) is 11.3 Å². The molecule has 0 saturated carbocycles. The summed E-state index contributed by atoms with van der Waals surface area (Å²) < 4.78 is 6.74. The van der Waals surface area contributed by atoms with Crippen molar-refractivity contribution in [3.63, 3.8) is 0 Å². The number of hydrogen-bond acceptors (Lipinski definition) is 5. The third-order valence-electron chi connectivity index (χ3n) is 4.71. The topological polar surface area (TPSA) is 77.1 Å². The monoisotopic (exact) mass is 395 g/mol. The van der Waals surface area contributed by atoms with Crippen molar-refractivity contribution in [3.05, 3.63) is 81.7 Å². The summed E-state index contributed by atoms with van der Waals surface area (Å²) in [6, 6.07) is 13.6. The van der Waals surface area contributed by atoms with E-state index in [1.165, 1.54) is 16.3 Å². The number of nitrogens with one attached hydrogen (secondary N) is 1. The van der Waals surface area contributed by atoms with Crippen molar-refractivity contribution in [1.82, 2.24) is 14.9 Å². The van der Waals surface area contributed by atoms with Crippen LogP contribution in [0, 0.1) is 0 Å². The Morgan fingerprint density at radius 1 is 1.18 bits per heavy atom. The fraction of sp³-hybridized carbons (Fsp3) is 0.286. The van der Waals surface area contributed by atoms with Gasteiger partial charge in [0.1, 0.15) is 12.3 Å². The van der Waals surface area contributed by atoms with Gasteiger partial charge in [-0.25, -0.2) is 4.98 Å². The zero-order chi connectivity index (χ0) is 19.3. The minimum absolute atomic E-state index is 0.0447. The molecule has 6 nitrogen and oxygen atoms in total. The molecule has 0 fully saturated rings. The molecule has 0 saturated heterocycles. The van der Waals surface area contributed by atoms with Gasteiger partial charge in [-0.1, -0.05) is 42.1 Å². The number of aryl methyl sites for hydroxylation is 1. The average molecular weight is 395 g/mol. The molecule has 0 unspecified atom stereocenters. The van der Waals surface area contributed by atoms with Crippen LogP contribution in [0.4, 0.5) is 0 Å². The number of fused-ring (bicyclic) bond motifs is 1. The van der Waals surface area contributed by atoms with Gasteiger partial charge in [-0.2, -0.15) is 0 Å². The van der Waals surface area contributed by atoms with E-state index >= 15 is 0 Å². The first-order valence-electron chi connectivity index (χ1n) is 9.29. The number of carbonyl (C=O) groups is 1. The number of furan rings is 1. The van der Waals surface area contributed by atoms with E-state index in [1.54, 1.807) is 18.4 Å². The second-order valence-corrected chi connectivity index (χ2v) is 7.64. The highest BCUT2D eigenvalue weighted by Gasteiger charge is 2.22. The van der Waals surface area contributed by atoms with Gasteiger partial charge < -0.3 is 9.73 Å². The van der Waals surface area contributed by atoms with Crippen LogP contribution in [0.15, 0.2) is 63.1 Å². The van der Waals surface area contributed by atoms with Crippen molar-refractivity contribution in [2.24, 2.45) is 0 Å². The highest BCUT2D eigenvalue weighted by Crippen LogP contribution is 2.24. The number of rotatable bonds is 7. The third-order valence-corrected chi connectivity index (χ3v) is 5.75. The van der Waals surface area contributed by atoms with E-state index in [0.717, 1.165) is 36.1 Å². The van der Waals surface area contributed by atoms with Crippen LogP contribution >= 0.6 is 11.8 Å². The first-order valence-corrected chi connectivity index (χ1v) is 10.3.